The second kappa shape index (κ2) is 11.7. The fourth-order valence-electron chi connectivity index (χ4n) is 3.41. The van der Waals surface area contributed by atoms with Gasteiger partial charge < -0.3 is 15.2 Å². The summed E-state index contributed by atoms with van der Waals surface area (Å²) in [7, 11) is 1.82. The second-order valence-corrected chi connectivity index (χ2v) is 9.85. The lowest BCUT2D eigenvalue weighted by Crippen LogP contribution is -2.33. The Kier molecular flexibility index (Phi) is 8.99. The van der Waals surface area contributed by atoms with E-state index in [1.165, 1.54) is 17.8 Å². The zero-order valence-corrected chi connectivity index (χ0v) is 21.8. The predicted octanol–water partition coefficient (Wildman–Crippen LogP) is 5.54. The summed E-state index contributed by atoms with van der Waals surface area (Å²) in [5.74, 6) is 0.355. The highest BCUT2D eigenvalue weighted by Gasteiger charge is 2.26. The van der Waals surface area contributed by atoms with E-state index < -0.39 is 6.04 Å². The third-order valence-corrected chi connectivity index (χ3v) is 6.85. The zero-order valence-electron chi connectivity index (χ0n) is 19.4. The van der Waals surface area contributed by atoms with Gasteiger partial charge in [-0.05, 0) is 42.2 Å². The van der Waals surface area contributed by atoms with E-state index in [1.54, 1.807) is 16.7 Å². The number of nitrogens with zero attached hydrogens (tertiary/aromatic N) is 3. The number of thioether (sulfide) groups is 1. The van der Waals surface area contributed by atoms with Gasteiger partial charge in [0.1, 0.15) is 0 Å². The average molecular weight is 520 g/mol. The molecule has 0 spiro atoms. The van der Waals surface area contributed by atoms with E-state index >= 15 is 0 Å². The number of aromatic nitrogens is 3. The van der Waals surface area contributed by atoms with Crippen LogP contribution in [0.5, 0.6) is 0 Å². The van der Waals surface area contributed by atoms with Crippen molar-refractivity contribution in [2.24, 2.45) is 13.0 Å². The molecule has 0 fully saturated rings. The van der Waals surface area contributed by atoms with Gasteiger partial charge in [0.15, 0.2) is 11.0 Å². The van der Waals surface area contributed by atoms with E-state index in [1.807, 2.05) is 52.1 Å². The van der Waals surface area contributed by atoms with Gasteiger partial charge in [-0.15, -0.1) is 10.2 Å². The summed E-state index contributed by atoms with van der Waals surface area (Å²) in [6.07, 6.45) is 0.833. The highest BCUT2D eigenvalue weighted by Crippen LogP contribution is 2.26. The average Bonchev–Trinajstić information content (AvgIpc) is 3.16. The van der Waals surface area contributed by atoms with Crippen LogP contribution in [0.3, 0.4) is 0 Å². The van der Waals surface area contributed by atoms with Crippen LogP contribution in [0.1, 0.15) is 48.6 Å². The third kappa shape index (κ3) is 6.31. The van der Waals surface area contributed by atoms with Crippen LogP contribution in [0.25, 0.3) is 0 Å². The van der Waals surface area contributed by atoms with Gasteiger partial charge in [-0.3, -0.25) is 9.59 Å². The van der Waals surface area contributed by atoms with Crippen LogP contribution < -0.4 is 10.6 Å². The van der Waals surface area contributed by atoms with Crippen LogP contribution in [0, 0.1) is 5.92 Å². The first-order valence-corrected chi connectivity index (χ1v) is 12.6. The molecule has 2 N–H and O–H groups in total. The number of carbonyl (C=O) groups is 2. The second-order valence-electron chi connectivity index (χ2n) is 8.07. The van der Waals surface area contributed by atoms with Crippen LogP contribution in [0.15, 0.2) is 47.6 Å². The molecule has 0 aliphatic rings. The van der Waals surface area contributed by atoms with Crippen molar-refractivity contribution in [2.45, 2.75) is 38.4 Å². The Morgan fingerprint density at radius 3 is 2.53 bits per heavy atom. The molecule has 0 radical (unpaired) electrons. The molecule has 0 bridgehead atoms. The summed E-state index contributed by atoms with van der Waals surface area (Å²) in [5, 5.41) is 15.8. The number of amides is 2. The van der Waals surface area contributed by atoms with Crippen LogP contribution in [0.2, 0.25) is 10.0 Å². The summed E-state index contributed by atoms with van der Waals surface area (Å²) >= 11 is 13.4. The standard InChI is InChI=1S/C24H27Cl2N5O2S/c1-5-15-8-6-7-9-19(15)27-20(32)13-34-24-30-29-22(31(24)4)21(14(2)3)28-23(33)17-11-10-16(25)12-18(17)26/h6-12,14,21H,5,13H2,1-4H3,(H,27,32)(H,28,33)/t21-/m0/s1. The first kappa shape index (κ1) is 26.1. The van der Waals surface area contributed by atoms with Crippen LogP contribution in [-0.4, -0.2) is 32.3 Å². The Bertz CT molecular complexity index is 1180. The van der Waals surface area contributed by atoms with Gasteiger partial charge in [0, 0.05) is 17.8 Å². The molecule has 1 aromatic heterocycles. The Hall–Kier alpha value is -2.55. The Morgan fingerprint density at radius 2 is 1.85 bits per heavy atom. The maximum atomic E-state index is 12.9. The zero-order chi connectivity index (χ0) is 24.8. The number of hydrogen-bond acceptors (Lipinski definition) is 5. The lowest BCUT2D eigenvalue weighted by molar-refractivity contribution is -0.113. The molecule has 1 atom stereocenters. The van der Waals surface area contributed by atoms with E-state index in [-0.39, 0.29) is 28.5 Å². The van der Waals surface area contributed by atoms with Crippen molar-refractivity contribution in [3.8, 4) is 0 Å². The Morgan fingerprint density at radius 1 is 1.12 bits per heavy atom. The van der Waals surface area contributed by atoms with Crippen molar-refractivity contribution in [1.29, 1.82) is 0 Å². The quantitative estimate of drug-likeness (QED) is 0.362. The van der Waals surface area contributed by atoms with Crippen molar-refractivity contribution in [1.82, 2.24) is 20.1 Å². The van der Waals surface area contributed by atoms with Gasteiger partial charge in [0.05, 0.1) is 22.4 Å². The highest BCUT2D eigenvalue weighted by atomic mass is 35.5. The first-order chi connectivity index (χ1) is 16.2. The minimum absolute atomic E-state index is 0.0321. The molecule has 0 aliphatic carbocycles. The van der Waals surface area contributed by atoms with Gasteiger partial charge in [-0.2, -0.15) is 0 Å². The van der Waals surface area contributed by atoms with Crippen LogP contribution in [-0.2, 0) is 18.3 Å². The maximum Gasteiger partial charge on any atom is 0.253 e. The fraction of sp³-hybridized carbons (Fsp3) is 0.333. The van der Waals surface area contributed by atoms with Crippen molar-refractivity contribution < 1.29 is 9.59 Å². The molecule has 0 saturated carbocycles. The molecule has 3 aromatic rings. The molecular formula is C24H27Cl2N5O2S. The number of benzene rings is 2. The third-order valence-electron chi connectivity index (χ3n) is 5.28. The number of halogens is 2. The predicted molar refractivity (Wildman–Crippen MR) is 138 cm³/mol. The fourth-order valence-corrected chi connectivity index (χ4v) is 4.62. The van der Waals surface area contributed by atoms with Gasteiger partial charge in [0.25, 0.3) is 5.91 Å². The minimum atomic E-state index is -0.406. The topological polar surface area (TPSA) is 88.9 Å². The van der Waals surface area contributed by atoms with E-state index in [2.05, 4.69) is 20.8 Å². The van der Waals surface area contributed by atoms with Crippen LogP contribution in [0.4, 0.5) is 5.69 Å². The number of para-hydroxylation sites is 1. The minimum Gasteiger partial charge on any atom is -0.342 e. The lowest BCUT2D eigenvalue weighted by Gasteiger charge is -2.22. The van der Waals surface area contributed by atoms with Gasteiger partial charge >= 0.3 is 0 Å². The number of hydrogen-bond donors (Lipinski definition) is 2. The molecular weight excluding hydrogens is 493 g/mol. The highest BCUT2D eigenvalue weighted by molar-refractivity contribution is 7.99. The number of nitrogens with one attached hydrogen (secondary N) is 2. The van der Waals surface area contributed by atoms with Crippen molar-refractivity contribution in [3.63, 3.8) is 0 Å². The molecule has 180 valence electrons. The molecule has 2 amide bonds. The van der Waals surface area contributed by atoms with Crippen molar-refractivity contribution >= 4 is 52.5 Å². The van der Waals surface area contributed by atoms with Gasteiger partial charge in [0.2, 0.25) is 5.91 Å². The van der Waals surface area contributed by atoms with Gasteiger partial charge in [-0.25, -0.2) is 0 Å². The largest absolute Gasteiger partial charge is 0.342 e. The van der Waals surface area contributed by atoms with E-state index in [4.69, 9.17) is 23.2 Å². The molecule has 0 unspecified atom stereocenters. The SMILES string of the molecule is CCc1ccccc1NC(=O)CSc1nnc([C@@H](NC(=O)c2ccc(Cl)cc2Cl)C(C)C)n1C. The summed E-state index contributed by atoms with van der Waals surface area (Å²) in [5.41, 5.74) is 2.23. The molecule has 7 nitrogen and oxygen atoms in total. The molecule has 0 aliphatic heterocycles. The summed E-state index contributed by atoms with van der Waals surface area (Å²) < 4.78 is 1.80. The molecule has 3 rings (SSSR count). The number of carbonyl (C=O) groups excluding carboxylic acids is 2. The molecule has 0 saturated heterocycles. The van der Waals surface area contributed by atoms with E-state index in [9.17, 15) is 9.59 Å². The first-order valence-electron chi connectivity index (χ1n) is 10.9. The lowest BCUT2D eigenvalue weighted by atomic mass is 10.0. The summed E-state index contributed by atoms with van der Waals surface area (Å²) in [4.78, 5) is 25.4. The number of anilines is 1. The van der Waals surface area contributed by atoms with Crippen molar-refractivity contribution in [3.05, 3.63) is 69.5 Å². The maximum absolute atomic E-state index is 12.9. The molecule has 34 heavy (non-hydrogen) atoms. The number of rotatable bonds is 9. The number of aryl methyl sites for hydroxylation is 1. The molecule has 10 heteroatoms. The Balaban J connectivity index is 1.69. The Labute approximate surface area is 213 Å². The smallest absolute Gasteiger partial charge is 0.253 e. The van der Waals surface area contributed by atoms with E-state index in [0.29, 0.717) is 21.6 Å². The summed E-state index contributed by atoms with van der Waals surface area (Å²) in [6, 6.07) is 12.1. The summed E-state index contributed by atoms with van der Waals surface area (Å²) in [6.45, 7) is 6.01. The monoisotopic (exact) mass is 519 g/mol. The van der Waals surface area contributed by atoms with Crippen molar-refractivity contribution in [2.75, 3.05) is 11.1 Å². The molecule has 1 heterocycles. The normalized spacial score (nSPS) is 12.0. The van der Waals surface area contributed by atoms with Crippen LogP contribution >= 0.6 is 35.0 Å². The van der Waals surface area contributed by atoms with Gasteiger partial charge in [-0.1, -0.05) is 73.9 Å². The molecule has 2 aromatic carbocycles. The van der Waals surface area contributed by atoms with E-state index in [0.717, 1.165) is 17.7 Å².